The smallest absolute Gasteiger partial charge is 0.329 e. The van der Waals surface area contributed by atoms with Crippen LogP contribution in [-0.2, 0) is 9.59 Å². The number of nitriles is 1. The molecule has 2 N–H and O–H groups in total. The molecule has 1 aromatic carbocycles. The highest BCUT2D eigenvalue weighted by molar-refractivity contribution is 5.95. The quantitative estimate of drug-likeness (QED) is 0.785. The first-order chi connectivity index (χ1) is 9.91. The number of hydrogen-bond acceptors (Lipinski definition) is 3. The lowest BCUT2D eigenvalue weighted by Crippen LogP contribution is -2.51. The minimum atomic E-state index is -1.26. The second kappa shape index (κ2) is 7.25. The predicted molar refractivity (Wildman–Crippen MR) is 79.3 cm³/mol. The van der Waals surface area contributed by atoms with Crippen LogP contribution in [0.15, 0.2) is 30.3 Å². The Morgan fingerprint density at radius 3 is 2.48 bits per heavy atom. The summed E-state index contributed by atoms with van der Waals surface area (Å²) in [5.41, 5.74) is 0.0376. The van der Waals surface area contributed by atoms with E-state index in [2.05, 4.69) is 5.32 Å². The van der Waals surface area contributed by atoms with Gasteiger partial charge in [-0.3, -0.25) is 4.79 Å². The number of carboxylic acid groups (broad SMARTS) is 1. The summed E-state index contributed by atoms with van der Waals surface area (Å²) in [6.07, 6.45) is 3.88. The molecule has 0 heterocycles. The monoisotopic (exact) mass is 286 g/mol. The zero-order valence-corrected chi connectivity index (χ0v) is 12.1. The fraction of sp³-hybridized carbons (Fsp3) is 0.312. The first-order valence-electron chi connectivity index (χ1n) is 6.65. The van der Waals surface area contributed by atoms with E-state index in [1.807, 2.05) is 13.0 Å². The van der Waals surface area contributed by atoms with Crippen LogP contribution in [0.1, 0.15) is 37.8 Å². The van der Waals surface area contributed by atoms with Gasteiger partial charge in [-0.2, -0.15) is 5.26 Å². The summed E-state index contributed by atoms with van der Waals surface area (Å²) in [6.45, 7) is 3.35. The summed E-state index contributed by atoms with van der Waals surface area (Å²) in [4.78, 5) is 23.0. The van der Waals surface area contributed by atoms with Crippen LogP contribution in [0.5, 0.6) is 0 Å². The van der Waals surface area contributed by atoms with E-state index in [1.165, 1.54) is 13.0 Å². The molecule has 0 saturated carbocycles. The number of benzene rings is 1. The molecule has 110 valence electrons. The van der Waals surface area contributed by atoms with E-state index >= 15 is 0 Å². The topological polar surface area (TPSA) is 90.2 Å². The Kier molecular flexibility index (Phi) is 5.67. The molecule has 0 aromatic heterocycles. The van der Waals surface area contributed by atoms with Crippen LogP contribution in [-0.4, -0.2) is 22.5 Å². The van der Waals surface area contributed by atoms with Crippen molar-refractivity contribution in [2.75, 3.05) is 0 Å². The molecule has 0 bridgehead atoms. The fourth-order valence-corrected chi connectivity index (χ4v) is 1.88. The van der Waals surface area contributed by atoms with Crippen molar-refractivity contribution in [1.29, 1.82) is 5.26 Å². The predicted octanol–water partition coefficient (Wildman–Crippen LogP) is 2.33. The van der Waals surface area contributed by atoms with Gasteiger partial charge in [-0.25, -0.2) is 4.79 Å². The Labute approximate surface area is 123 Å². The molecular weight excluding hydrogens is 268 g/mol. The first kappa shape index (κ1) is 16.4. The largest absolute Gasteiger partial charge is 0.480 e. The summed E-state index contributed by atoms with van der Waals surface area (Å²) in [6, 6.07) is 8.73. The van der Waals surface area contributed by atoms with Crippen LogP contribution in [0.2, 0.25) is 0 Å². The molecule has 0 saturated heterocycles. The minimum absolute atomic E-state index is 0.360. The maximum atomic E-state index is 11.8. The molecule has 0 radical (unpaired) electrons. The van der Waals surface area contributed by atoms with E-state index < -0.39 is 17.4 Å². The van der Waals surface area contributed by atoms with Crippen LogP contribution in [0.4, 0.5) is 0 Å². The van der Waals surface area contributed by atoms with Gasteiger partial charge in [0.15, 0.2) is 0 Å². The van der Waals surface area contributed by atoms with E-state index in [1.54, 1.807) is 30.3 Å². The van der Waals surface area contributed by atoms with Gasteiger partial charge in [-0.05, 0) is 37.1 Å². The van der Waals surface area contributed by atoms with Crippen LogP contribution in [0.25, 0.3) is 6.08 Å². The van der Waals surface area contributed by atoms with E-state index in [9.17, 15) is 14.7 Å². The zero-order valence-electron chi connectivity index (χ0n) is 12.1. The molecule has 1 aromatic rings. The zero-order chi connectivity index (χ0) is 15.9. The highest BCUT2D eigenvalue weighted by Gasteiger charge is 2.33. The maximum Gasteiger partial charge on any atom is 0.329 e. The van der Waals surface area contributed by atoms with Crippen molar-refractivity contribution in [3.8, 4) is 6.07 Å². The van der Waals surface area contributed by atoms with Gasteiger partial charge in [0.25, 0.3) is 0 Å². The Balaban J connectivity index is 2.73. The van der Waals surface area contributed by atoms with E-state index in [0.29, 0.717) is 18.4 Å². The highest BCUT2D eigenvalue weighted by Crippen LogP contribution is 2.13. The van der Waals surface area contributed by atoms with Crippen molar-refractivity contribution in [3.05, 3.63) is 41.5 Å². The summed E-state index contributed by atoms with van der Waals surface area (Å²) in [5, 5.41) is 20.4. The van der Waals surface area contributed by atoms with Gasteiger partial charge in [0.2, 0.25) is 5.91 Å². The van der Waals surface area contributed by atoms with Crippen LogP contribution < -0.4 is 5.32 Å². The van der Waals surface area contributed by atoms with Gasteiger partial charge in [-0.15, -0.1) is 0 Å². The van der Waals surface area contributed by atoms with Gasteiger partial charge in [0, 0.05) is 6.08 Å². The molecule has 5 nitrogen and oxygen atoms in total. The molecule has 0 aliphatic rings. The molecule has 1 atom stereocenters. The summed E-state index contributed by atoms with van der Waals surface area (Å²) < 4.78 is 0. The molecule has 5 heteroatoms. The SMILES string of the molecule is CCCC(C)(NC(=O)/C=C/c1ccc(C#N)cc1)C(=O)O. The molecule has 0 aliphatic heterocycles. The number of aliphatic carboxylic acids is 1. The molecular formula is C16H18N2O3. The second-order valence-corrected chi connectivity index (χ2v) is 4.94. The normalized spacial score (nSPS) is 13.4. The lowest BCUT2D eigenvalue weighted by atomic mass is 9.96. The number of hydrogen-bond donors (Lipinski definition) is 2. The van der Waals surface area contributed by atoms with Crippen molar-refractivity contribution >= 4 is 18.0 Å². The lowest BCUT2D eigenvalue weighted by molar-refractivity contribution is -0.146. The summed E-state index contributed by atoms with van der Waals surface area (Å²) in [5.74, 6) is -1.51. The Hall–Kier alpha value is -2.61. The fourth-order valence-electron chi connectivity index (χ4n) is 1.88. The number of nitrogens with zero attached hydrogens (tertiary/aromatic N) is 1. The minimum Gasteiger partial charge on any atom is -0.480 e. The second-order valence-electron chi connectivity index (χ2n) is 4.94. The molecule has 0 spiro atoms. The maximum absolute atomic E-state index is 11.8. The molecule has 0 aliphatic carbocycles. The number of carbonyl (C=O) groups excluding carboxylic acids is 1. The van der Waals surface area contributed by atoms with Crippen molar-refractivity contribution in [2.24, 2.45) is 0 Å². The van der Waals surface area contributed by atoms with Crippen molar-refractivity contribution < 1.29 is 14.7 Å². The van der Waals surface area contributed by atoms with Crippen molar-refractivity contribution in [1.82, 2.24) is 5.32 Å². The van der Waals surface area contributed by atoms with Gasteiger partial charge in [0.1, 0.15) is 5.54 Å². The average molecular weight is 286 g/mol. The summed E-state index contributed by atoms with van der Waals surface area (Å²) >= 11 is 0. The van der Waals surface area contributed by atoms with Gasteiger partial charge >= 0.3 is 5.97 Å². The third kappa shape index (κ3) is 4.77. The highest BCUT2D eigenvalue weighted by atomic mass is 16.4. The Morgan fingerprint density at radius 2 is 2.00 bits per heavy atom. The van der Waals surface area contributed by atoms with Crippen molar-refractivity contribution in [2.45, 2.75) is 32.2 Å². The standard InChI is InChI=1S/C16H18N2O3/c1-3-10-16(2,15(20)21)18-14(19)9-8-12-4-6-13(11-17)7-5-12/h4-9H,3,10H2,1-2H3,(H,18,19)(H,20,21)/b9-8+. The number of rotatable bonds is 6. The van der Waals surface area contributed by atoms with Crippen LogP contribution in [0.3, 0.4) is 0 Å². The summed E-state index contributed by atoms with van der Waals surface area (Å²) in [7, 11) is 0. The van der Waals surface area contributed by atoms with E-state index in [0.717, 1.165) is 5.56 Å². The van der Waals surface area contributed by atoms with Crippen LogP contribution in [0, 0.1) is 11.3 Å². The van der Waals surface area contributed by atoms with Crippen LogP contribution >= 0.6 is 0 Å². The third-order valence-electron chi connectivity index (χ3n) is 3.09. The number of carbonyl (C=O) groups is 2. The first-order valence-corrected chi connectivity index (χ1v) is 6.65. The number of amides is 1. The van der Waals surface area contributed by atoms with Crippen molar-refractivity contribution in [3.63, 3.8) is 0 Å². The van der Waals surface area contributed by atoms with Gasteiger partial charge in [0.05, 0.1) is 11.6 Å². The number of carboxylic acids is 1. The number of nitrogens with one attached hydrogen (secondary N) is 1. The van der Waals surface area contributed by atoms with Gasteiger partial charge < -0.3 is 10.4 Å². The Morgan fingerprint density at radius 1 is 1.38 bits per heavy atom. The van der Waals surface area contributed by atoms with Gasteiger partial charge in [-0.1, -0.05) is 25.5 Å². The lowest BCUT2D eigenvalue weighted by Gasteiger charge is -2.24. The molecule has 1 rings (SSSR count). The third-order valence-corrected chi connectivity index (χ3v) is 3.09. The Bertz CT molecular complexity index is 585. The molecule has 1 unspecified atom stereocenters. The molecule has 21 heavy (non-hydrogen) atoms. The molecule has 1 amide bonds. The molecule has 0 fully saturated rings. The van der Waals surface area contributed by atoms with E-state index in [-0.39, 0.29) is 0 Å². The average Bonchev–Trinajstić information content (AvgIpc) is 2.45. The van der Waals surface area contributed by atoms with E-state index in [4.69, 9.17) is 5.26 Å².